The molecule has 152 valence electrons. The standard InChI is InChI=1S/C20H32N2O4S/c1-25-20(24)17-6-9-22(10-7-17)14-18(23)15-26-19-5-3-4-16(12-19)13-21-8-11-27-2/h3-5,12,17-18,21,23H,6-11,13-15H2,1-2H3. The molecule has 0 bridgehead atoms. The first kappa shape index (κ1) is 22.0. The molecule has 1 aliphatic rings. The van der Waals surface area contributed by atoms with Gasteiger partial charge < -0.3 is 24.8 Å². The Bertz CT molecular complexity index is 565. The zero-order valence-electron chi connectivity index (χ0n) is 16.4. The largest absolute Gasteiger partial charge is 0.491 e. The van der Waals surface area contributed by atoms with E-state index in [1.807, 2.05) is 30.0 Å². The van der Waals surface area contributed by atoms with Gasteiger partial charge in [0, 0.05) is 25.4 Å². The lowest BCUT2D eigenvalue weighted by Crippen LogP contribution is -2.42. The van der Waals surface area contributed by atoms with Crippen LogP contribution < -0.4 is 10.1 Å². The van der Waals surface area contributed by atoms with Gasteiger partial charge in [-0.05, 0) is 49.9 Å². The third kappa shape index (κ3) is 8.09. The Hall–Kier alpha value is -1.28. The lowest BCUT2D eigenvalue weighted by molar-refractivity contribution is -0.147. The predicted molar refractivity (Wildman–Crippen MR) is 109 cm³/mol. The minimum absolute atomic E-state index is 0.00749. The van der Waals surface area contributed by atoms with E-state index in [-0.39, 0.29) is 18.5 Å². The molecule has 0 aromatic heterocycles. The molecule has 2 N–H and O–H groups in total. The van der Waals surface area contributed by atoms with E-state index in [1.54, 1.807) is 0 Å². The summed E-state index contributed by atoms with van der Waals surface area (Å²) in [6, 6.07) is 7.98. The van der Waals surface area contributed by atoms with Crippen LogP contribution >= 0.6 is 11.8 Å². The fourth-order valence-corrected chi connectivity index (χ4v) is 3.56. The first-order valence-corrected chi connectivity index (χ1v) is 10.9. The van der Waals surface area contributed by atoms with Gasteiger partial charge in [0.25, 0.3) is 0 Å². The molecule has 1 aliphatic heterocycles. The molecule has 1 aromatic carbocycles. The molecule has 0 aliphatic carbocycles. The Labute approximate surface area is 166 Å². The van der Waals surface area contributed by atoms with Gasteiger partial charge in [-0.2, -0.15) is 11.8 Å². The van der Waals surface area contributed by atoms with Crippen molar-refractivity contribution in [3.63, 3.8) is 0 Å². The number of aliphatic hydroxyl groups is 1. The fraction of sp³-hybridized carbons (Fsp3) is 0.650. The Morgan fingerprint density at radius 1 is 1.41 bits per heavy atom. The highest BCUT2D eigenvalue weighted by atomic mass is 32.2. The second-order valence-electron chi connectivity index (χ2n) is 6.88. The molecule has 7 heteroatoms. The maximum Gasteiger partial charge on any atom is 0.308 e. The summed E-state index contributed by atoms with van der Waals surface area (Å²) in [4.78, 5) is 13.7. The summed E-state index contributed by atoms with van der Waals surface area (Å²) in [5, 5.41) is 13.7. The van der Waals surface area contributed by atoms with E-state index in [4.69, 9.17) is 9.47 Å². The lowest BCUT2D eigenvalue weighted by Gasteiger charge is -2.31. The van der Waals surface area contributed by atoms with Gasteiger partial charge in [-0.15, -0.1) is 0 Å². The van der Waals surface area contributed by atoms with Crippen LogP contribution in [0.1, 0.15) is 18.4 Å². The highest BCUT2D eigenvalue weighted by Gasteiger charge is 2.26. The first-order chi connectivity index (χ1) is 13.1. The molecule has 0 saturated carbocycles. The molecule has 0 amide bonds. The number of piperidine rings is 1. The molecule has 2 rings (SSSR count). The zero-order chi connectivity index (χ0) is 19.5. The number of β-amino-alcohol motifs (C(OH)–C–C–N with tert-alkyl or cyclic N) is 1. The van der Waals surface area contributed by atoms with Gasteiger partial charge in [0.05, 0.1) is 13.0 Å². The van der Waals surface area contributed by atoms with Crippen molar-refractivity contribution in [2.24, 2.45) is 5.92 Å². The molecule has 0 spiro atoms. The smallest absolute Gasteiger partial charge is 0.308 e. The number of carbonyl (C=O) groups is 1. The molecular weight excluding hydrogens is 364 g/mol. The highest BCUT2D eigenvalue weighted by Crippen LogP contribution is 2.19. The van der Waals surface area contributed by atoms with Crippen LogP contribution in [0.5, 0.6) is 5.75 Å². The Kier molecular flexibility index (Phi) is 9.97. The molecule has 1 saturated heterocycles. The van der Waals surface area contributed by atoms with Gasteiger partial charge in [-0.1, -0.05) is 12.1 Å². The maximum absolute atomic E-state index is 11.6. The molecular formula is C20H32N2O4S. The van der Waals surface area contributed by atoms with Crippen LogP contribution in [0.2, 0.25) is 0 Å². The van der Waals surface area contributed by atoms with E-state index >= 15 is 0 Å². The van der Waals surface area contributed by atoms with Crippen molar-refractivity contribution in [3.05, 3.63) is 29.8 Å². The molecule has 6 nitrogen and oxygen atoms in total. The number of nitrogens with one attached hydrogen (secondary N) is 1. The minimum Gasteiger partial charge on any atom is -0.491 e. The van der Waals surface area contributed by atoms with Crippen molar-refractivity contribution in [1.82, 2.24) is 10.2 Å². The number of ether oxygens (including phenoxy) is 2. The molecule has 0 radical (unpaired) electrons. The SMILES string of the molecule is COC(=O)C1CCN(CC(O)COc2cccc(CNCCSC)c2)CC1. The second-order valence-corrected chi connectivity index (χ2v) is 7.87. The Morgan fingerprint density at radius 2 is 2.19 bits per heavy atom. The van der Waals surface area contributed by atoms with Crippen LogP contribution in [0.15, 0.2) is 24.3 Å². The van der Waals surface area contributed by atoms with Crippen molar-refractivity contribution in [2.75, 3.05) is 51.9 Å². The molecule has 1 atom stereocenters. The van der Waals surface area contributed by atoms with Crippen molar-refractivity contribution in [3.8, 4) is 5.75 Å². The van der Waals surface area contributed by atoms with Gasteiger partial charge >= 0.3 is 5.97 Å². The zero-order valence-corrected chi connectivity index (χ0v) is 17.2. The normalized spacial score (nSPS) is 16.9. The van der Waals surface area contributed by atoms with E-state index < -0.39 is 6.10 Å². The summed E-state index contributed by atoms with van der Waals surface area (Å²) in [5.74, 6) is 1.75. The Morgan fingerprint density at radius 3 is 2.89 bits per heavy atom. The highest BCUT2D eigenvalue weighted by molar-refractivity contribution is 7.98. The molecule has 1 heterocycles. The van der Waals surface area contributed by atoms with E-state index in [2.05, 4.69) is 22.5 Å². The quantitative estimate of drug-likeness (QED) is 0.436. The van der Waals surface area contributed by atoms with E-state index in [1.165, 1.54) is 12.7 Å². The van der Waals surface area contributed by atoms with E-state index in [0.717, 1.165) is 50.5 Å². The molecule has 1 fully saturated rings. The average molecular weight is 397 g/mol. The van der Waals surface area contributed by atoms with Gasteiger partial charge in [0.15, 0.2) is 0 Å². The predicted octanol–water partition coefficient (Wildman–Crippen LogP) is 1.76. The van der Waals surface area contributed by atoms with Gasteiger partial charge in [-0.25, -0.2) is 0 Å². The number of benzene rings is 1. The number of likely N-dealkylation sites (tertiary alicyclic amines) is 1. The third-order valence-electron chi connectivity index (χ3n) is 4.74. The number of hydrogen-bond donors (Lipinski definition) is 2. The summed E-state index contributed by atoms with van der Waals surface area (Å²) < 4.78 is 10.6. The van der Waals surface area contributed by atoms with Crippen molar-refractivity contribution >= 4 is 17.7 Å². The van der Waals surface area contributed by atoms with Crippen molar-refractivity contribution in [2.45, 2.75) is 25.5 Å². The summed E-state index contributed by atoms with van der Waals surface area (Å²) in [7, 11) is 1.44. The van der Waals surface area contributed by atoms with Gasteiger partial charge in [0.2, 0.25) is 0 Å². The van der Waals surface area contributed by atoms with Crippen LogP contribution in [-0.2, 0) is 16.1 Å². The van der Waals surface area contributed by atoms with Crippen molar-refractivity contribution in [1.29, 1.82) is 0 Å². The average Bonchev–Trinajstić information content (AvgIpc) is 2.70. The summed E-state index contributed by atoms with van der Waals surface area (Å²) in [5.41, 5.74) is 1.17. The second kappa shape index (κ2) is 12.2. The number of rotatable bonds is 11. The summed E-state index contributed by atoms with van der Waals surface area (Å²) >= 11 is 1.83. The van der Waals surface area contributed by atoms with Crippen LogP contribution in [0.25, 0.3) is 0 Å². The number of esters is 1. The number of nitrogens with zero attached hydrogens (tertiary/aromatic N) is 1. The molecule has 1 unspecified atom stereocenters. The van der Waals surface area contributed by atoms with Gasteiger partial charge in [0.1, 0.15) is 18.5 Å². The van der Waals surface area contributed by atoms with Crippen molar-refractivity contribution < 1.29 is 19.4 Å². The topological polar surface area (TPSA) is 71.0 Å². The number of hydrogen-bond acceptors (Lipinski definition) is 7. The maximum atomic E-state index is 11.6. The van der Waals surface area contributed by atoms with Crippen LogP contribution in [0, 0.1) is 5.92 Å². The van der Waals surface area contributed by atoms with Gasteiger partial charge in [-0.3, -0.25) is 4.79 Å². The third-order valence-corrected chi connectivity index (χ3v) is 5.36. The van der Waals surface area contributed by atoms with E-state index in [9.17, 15) is 9.90 Å². The Balaban J connectivity index is 1.68. The number of aliphatic hydroxyl groups excluding tert-OH is 1. The first-order valence-electron chi connectivity index (χ1n) is 9.52. The molecule has 1 aromatic rings. The number of methoxy groups -OCH3 is 1. The number of thioether (sulfide) groups is 1. The van der Waals surface area contributed by atoms with E-state index in [0.29, 0.717) is 6.54 Å². The summed E-state index contributed by atoms with van der Waals surface area (Å²) in [6.45, 7) is 4.22. The van der Waals surface area contributed by atoms with Crippen LogP contribution in [0.3, 0.4) is 0 Å². The summed E-state index contributed by atoms with van der Waals surface area (Å²) in [6.07, 6.45) is 3.11. The number of carbonyl (C=O) groups excluding carboxylic acids is 1. The van der Waals surface area contributed by atoms with Crippen LogP contribution in [0.4, 0.5) is 0 Å². The minimum atomic E-state index is -0.553. The lowest BCUT2D eigenvalue weighted by atomic mass is 9.97. The fourth-order valence-electron chi connectivity index (χ4n) is 3.21. The molecule has 27 heavy (non-hydrogen) atoms. The van der Waals surface area contributed by atoms with Crippen LogP contribution in [-0.4, -0.2) is 74.0 Å². The monoisotopic (exact) mass is 396 g/mol.